The molecule has 1 heterocycles. The van der Waals surface area contributed by atoms with Crippen LogP contribution in [0.4, 0.5) is 0 Å². The van der Waals surface area contributed by atoms with E-state index in [0.717, 1.165) is 12.2 Å². The summed E-state index contributed by atoms with van der Waals surface area (Å²) in [6, 6.07) is -0.612. The number of ether oxygens (including phenoxy) is 2. The molecule has 88 valence electrons. The summed E-state index contributed by atoms with van der Waals surface area (Å²) in [5, 5.41) is 2.42. The van der Waals surface area contributed by atoms with E-state index >= 15 is 0 Å². The van der Waals surface area contributed by atoms with Gasteiger partial charge in [-0.3, -0.25) is 4.79 Å². The summed E-state index contributed by atoms with van der Waals surface area (Å²) >= 11 is 0. The molecule has 1 saturated heterocycles. The SMILES string of the molecule is CCOC(=O)/C=C/C(=O)NC1CCOC1=O. The van der Waals surface area contributed by atoms with Gasteiger partial charge in [0.1, 0.15) is 6.04 Å². The van der Waals surface area contributed by atoms with Crippen LogP contribution in [0.3, 0.4) is 0 Å². The third-order valence-electron chi connectivity index (χ3n) is 1.91. The maximum atomic E-state index is 11.2. The largest absolute Gasteiger partial charge is 0.464 e. The summed E-state index contributed by atoms with van der Waals surface area (Å²) in [5.41, 5.74) is 0. The van der Waals surface area contributed by atoms with Crippen molar-refractivity contribution in [3.05, 3.63) is 12.2 Å². The van der Waals surface area contributed by atoms with Crippen LogP contribution in [0.25, 0.3) is 0 Å². The average Bonchev–Trinajstić information content (AvgIpc) is 2.62. The van der Waals surface area contributed by atoms with Gasteiger partial charge in [0, 0.05) is 18.6 Å². The van der Waals surface area contributed by atoms with Gasteiger partial charge in [-0.25, -0.2) is 9.59 Å². The highest BCUT2D eigenvalue weighted by Crippen LogP contribution is 2.05. The number of hydrogen-bond donors (Lipinski definition) is 1. The van der Waals surface area contributed by atoms with E-state index in [9.17, 15) is 14.4 Å². The van der Waals surface area contributed by atoms with Crippen molar-refractivity contribution in [2.45, 2.75) is 19.4 Å². The lowest BCUT2D eigenvalue weighted by molar-refractivity contribution is -0.140. The first-order valence-electron chi connectivity index (χ1n) is 4.95. The Morgan fingerprint density at radius 3 is 2.88 bits per heavy atom. The molecular formula is C10H13NO5. The van der Waals surface area contributed by atoms with Gasteiger partial charge in [-0.05, 0) is 6.92 Å². The van der Waals surface area contributed by atoms with E-state index in [1.807, 2.05) is 0 Å². The van der Waals surface area contributed by atoms with Gasteiger partial charge < -0.3 is 14.8 Å². The molecule has 0 aliphatic carbocycles. The molecule has 1 rings (SSSR count). The van der Waals surface area contributed by atoms with E-state index in [2.05, 4.69) is 14.8 Å². The molecule has 1 aliphatic rings. The topological polar surface area (TPSA) is 81.7 Å². The Balaban J connectivity index is 2.35. The normalized spacial score (nSPS) is 19.6. The van der Waals surface area contributed by atoms with Crippen molar-refractivity contribution in [2.75, 3.05) is 13.2 Å². The van der Waals surface area contributed by atoms with E-state index in [-0.39, 0.29) is 6.61 Å². The Bertz CT molecular complexity index is 323. The molecule has 16 heavy (non-hydrogen) atoms. The number of esters is 2. The smallest absolute Gasteiger partial charge is 0.330 e. The maximum Gasteiger partial charge on any atom is 0.330 e. The van der Waals surface area contributed by atoms with Gasteiger partial charge in [0.05, 0.1) is 13.2 Å². The van der Waals surface area contributed by atoms with E-state index in [1.165, 1.54) is 0 Å². The fourth-order valence-corrected chi connectivity index (χ4v) is 1.18. The zero-order valence-electron chi connectivity index (χ0n) is 8.89. The number of carbonyl (C=O) groups is 3. The highest BCUT2D eigenvalue weighted by Gasteiger charge is 2.27. The molecule has 0 bridgehead atoms. The quantitative estimate of drug-likeness (QED) is 0.519. The van der Waals surface area contributed by atoms with Crippen LogP contribution in [0.5, 0.6) is 0 Å². The highest BCUT2D eigenvalue weighted by atomic mass is 16.5. The number of hydrogen-bond acceptors (Lipinski definition) is 5. The number of cyclic esters (lactones) is 1. The predicted octanol–water partition coefficient (Wildman–Crippen LogP) is -0.463. The van der Waals surface area contributed by atoms with E-state index in [1.54, 1.807) is 6.92 Å². The third-order valence-corrected chi connectivity index (χ3v) is 1.91. The van der Waals surface area contributed by atoms with E-state index in [4.69, 9.17) is 0 Å². The summed E-state index contributed by atoms with van der Waals surface area (Å²) < 4.78 is 9.25. The minimum atomic E-state index is -0.612. The predicted molar refractivity (Wildman–Crippen MR) is 53.3 cm³/mol. The van der Waals surface area contributed by atoms with Crippen LogP contribution in [0.15, 0.2) is 12.2 Å². The maximum absolute atomic E-state index is 11.2. The van der Waals surface area contributed by atoms with Gasteiger partial charge in [-0.1, -0.05) is 0 Å². The van der Waals surface area contributed by atoms with Crippen LogP contribution < -0.4 is 5.32 Å². The summed E-state index contributed by atoms with van der Waals surface area (Å²) in [4.78, 5) is 33.1. The van der Waals surface area contributed by atoms with Gasteiger partial charge in [0.25, 0.3) is 0 Å². The minimum Gasteiger partial charge on any atom is -0.464 e. The summed E-state index contributed by atoms with van der Waals surface area (Å²) in [7, 11) is 0. The molecule has 6 heteroatoms. The fraction of sp³-hybridized carbons (Fsp3) is 0.500. The van der Waals surface area contributed by atoms with Crippen molar-refractivity contribution in [3.63, 3.8) is 0 Å². The Hall–Kier alpha value is -1.85. The first-order valence-corrected chi connectivity index (χ1v) is 4.95. The molecule has 1 unspecified atom stereocenters. The van der Waals surface area contributed by atoms with Gasteiger partial charge in [-0.2, -0.15) is 0 Å². The molecule has 1 atom stereocenters. The molecule has 0 aromatic heterocycles. The van der Waals surface area contributed by atoms with E-state index < -0.39 is 23.9 Å². The molecule has 1 fully saturated rings. The zero-order valence-corrected chi connectivity index (χ0v) is 8.89. The Morgan fingerprint density at radius 2 is 2.31 bits per heavy atom. The van der Waals surface area contributed by atoms with Crippen molar-refractivity contribution in [1.29, 1.82) is 0 Å². The minimum absolute atomic E-state index is 0.250. The van der Waals surface area contributed by atoms with Crippen molar-refractivity contribution in [2.24, 2.45) is 0 Å². The lowest BCUT2D eigenvalue weighted by atomic mass is 10.2. The number of rotatable bonds is 4. The Kier molecular flexibility index (Phi) is 4.50. The van der Waals surface area contributed by atoms with Crippen LogP contribution in [0.1, 0.15) is 13.3 Å². The molecular weight excluding hydrogens is 214 g/mol. The first kappa shape index (κ1) is 12.2. The molecule has 1 N–H and O–H groups in total. The number of carbonyl (C=O) groups excluding carboxylic acids is 3. The van der Waals surface area contributed by atoms with Gasteiger partial charge in [0.15, 0.2) is 0 Å². The summed E-state index contributed by atoms with van der Waals surface area (Å²) in [6.45, 7) is 2.23. The van der Waals surface area contributed by atoms with Crippen molar-refractivity contribution in [1.82, 2.24) is 5.32 Å². The van der Waals surface area contributed by atoms with Crippen molar-refractivity contribution in [3.8, 4) is 0 Å². The second-order valence-corrected chi connectivity index (χ2v) is 3.10. The van der Waals surface area contributed by atoms with Crippen LogP contribution in [-0.4, -0.2) is 37.1 Å². The second-order valence-electron chi connectivity index (χ2n) is 3.10. The number of amides is 1. The lowest BCUT2D eigenvalue weighted by Crippen LogP contribution is -2.36. The highest BCUT2D eigenvalue weighted by molar-refractivity contribution is 5.96. The van der Waals surface area contributed by atoms with Crippen molar-refractivity contribution >= 4 is 17.8 Å². The molecule has 0 radical (unpaired) electrons. The van der Waals surface area contributed by atoms with Crippen LogP contribution in [0, 0.1) is 0 Å². The molecule has 0 aromatic rings. The number of nitrogens with one attached hydrogen (secondary N) is 1. The third kappa shape index (κ3) is 3.72. The molecule has 1 amide bonds. The second kappa shape index (κ2) is 5.89. The Labute approximate surface area is 92.6 Å². The molecule has 0 saturated carbocycles. The van der Waals surface area contributed by atoms with Crippen LogP contribution in [-0.2, 0) is 23.9 Å². The molecule has 0 spiro atoms. The first-order chi connectivity index (χ1) is 7.63. The van der Waals surface area contributed by atoms with Crippen LogP contribution in [0.2, 0.25) is 0 Å². The standard InChI is InChI=1S/C10H13NO5/c1-2-15-9(13)4-3-8(12)11-7-5-6-16-10(7)14/h3-4,7H,2,5-6H2,1H3,(H,11,12)/b4-3+. The van der Waals surface area contributed by atoms with Crippen molar-refractivity contribution < 1.29 is 23.9 Å². The summed E-state index contributed by atoms with van der Waals surface area (Å²) in [5.74, 6) is -1.55. The molecule has 1 aliphatic heterocycles. The van der Waals surface area contributed by atoms with Gasteiger partial charge in [0.2, 0.25) is 5.91 Å². The zero-order chi connectivity index (χ0) is 12.0. The monoisotopic (exact) mass is 227 g/mol. The Morgan fingerprint density at radius 1 is 1.56 bits per heavy atom. The fourth-order valence-electron chi connectivity index (χ4n) is 1.18. The van der Waals surface area contributed by atoms with Gasteiger partial charge >= 0.3 is 11.9 Å². The summed E-state index contributed by atoms with van der Waals surface area (Å²) in [6.07, 6.45) is 2.50. The lowest BCUT2D eigenvalue weighted by Gasteiger charge is -2.05. The molecule has 6 nitrogen and oxygen atoms in total. The molecule has 0 aromatic carbocycles. The average molecular weight is 227 g/mol. The van der Waals surface area contributed by atoms with Crippen LogP contribution >= 0.6 is 0 Å². The van der Waals surface area contributed by atoms with Gasteiger partial charge in [-0.15, -0.1) is 0 Å². The van der Waals surface area contributed by atoms with E-state index in [0.29, 0.717) is 13.0 Å².